The Hall–Kier alpha value is 0.644. The van der Waals surface area contributed by atoms with E-state index >= 15 is 0 Å². The summed E-state index contributed by atoms with van der Waals surface area (Å²) in [7, 11) is 3.56. The van der Waals surface area contributed by atoms with Crippen molar-refractivity contribution >= 4 is 0 Å². The molecule has 0 aromatic carbocycles. The number of nitrogens with zero attached hydrogens (tertiary/aromatic N) is 1. The first-order valence-electron chi connectivity index (χ1n) is 1.56. The molecule has 1 saturated heterocycles. The van der Waals surface area contributed by atoms with Gasteiger partial charge in [0.05, 0.1) is 0 Å². The second-order valence-corrected chi connectivity index (χ2v) is 1.26. The van der Waals surface area contributed by atoms with Gasteiger partial charge < -0.3 is 12.3 Å². The van der Waals surface area contributed by atoms with E-state index in [-0.39, 0.29) is 40.1 Å². The third-order valence-electron chi connectivity index (χ3n) is 0.717. The third-order valence-corrected chi connectivity index (χ3v) is 0.717. The summed E-state index contributed by atoms with van der Waals surface area (Å²) in [4.78, 5) is 1.85. The standard InChI is InChI=1S/C4H6N.CH3.Y/c1-4-3-5(4)2;;/h1-3H2;1H3;/q2*-1;. The van der Waals surface area contributed by atoms with Crippen LogP contribution in [0.4, 0.5) is 0 Å². The predicted molar refractivity (Wildman–Crippen MR) is 27.6 cm³/mol. The smallest absolute Gasteiger partial charge is 0.0260 e. The Morgan fingerprint density at radius 3 is 1.86 bits per heavy atom. The average Bonchev–Trinajstić information content (AvgIpc) is 1.79. The molecule has 2 heteroatoms. The van der Waals surface area contributed by atoms with E-state index in [2.05, 4.69) is 13.6 Å². The van der Waals surface area contributed by atoms with Crippen molar-refractivity contribution < 1.29 is 32.7 Å². The predicted octanol–water partition coefficient (Wildman–Crippen LogP) is 1.06. The molecule has 0 spiro atoms. The van der Waals surface area contributed by atoms with Crippen molar-refractivity contribution in [2.24, 2.45) is 0 Å². The zero-order valence-electron chi connectivity index (χ0n) is 4.65. The van der Waals surface area contributed by atoms with Gasteiger partial charge in [-0.05, 0) is 5.70 Å². The van der Waals surface area contributed by atoms with E-state index in [0.29, 0.717) is 0 Å². The van der Waals surface area contributed by atoms with Crippen molar-refractivity contribution in [1.29, 1.82) is 0 Å². The van der Waals surface area contributed by atoms with Crippen LogP contribution < -0.4 is 0 Å². The second-order valence-electron chi connectivity index (χ2n) is 1.26. The van der Waals surface area contributed by atoms with Gasteiger partial charge >= 0.3 is 0 Å². The number of rotatable bonds is 0. The molecule has 1 aliphatic heterocycles. The Labute approximate surface area is 70.7 Å². The molecule has 0 aromatic rings. The summed E-state index contributed by atoms with van der Waals surface area (Å²) in [6, 6.07) is 0. The van der Waals surface area contributed by atoms with Crippen LogP contribution in [0.1, 0.15) is 0 Å². The van der Waals surface area contributed by atoms with Crippen LogP contribution in [0.15, 0.2) is 12.3 Å². The van der Waals surface area contributed by atoms with Crippen molar-refractivity contribution in [3.05, 3.63) is 26.8 Å². The maximum Gasteiger partial charge on any atom is 0.0260 e. The summed E-state index contributed by atoms with van der Waals surface area (Å²) in [6.45, 7) is 4.61. The van der Waals surface area contributed by atoms with Gasteiger partial charge in [0.15, 0.2) is 0 Å². The van der Waals surface area contributed by atoms with Gasteiger partial charge in [0, 0.05) is 39.3 Å². The van der Waals surface area contributed by atoms with Gasteiger partial charge in [-0.2, -0.15) is 0 Å². The Morgan fingerprint density at radius 1 is 1.71 bits per heavy atom. The third kappa shape index (κ3) is 3.25. The zero-order valence-corrected chi connectivity index (χ0v) is 7.48. The van der Waals surface area contributed by atoms with Crippen molar-refractivity contribution in [1.82, 2.24) is 4.90 Å². The topological polar surface area (TPSA) is 3.01 Å². The number of hydrogen-bond acceptors (Lipinski definition) is 1. The molecule has 0 atom stereocenters. The van der Waals surface area contributed by atoms with E-state index in [4.69, 9.17) is 0 Å². The SMILES string of the molecule is C=C1CN1[CH2-].[CH3-].[Y]. The molecule has 1 aliphatic rings. The van der Waals surface area contributed by atoms with Crippen LogP contribution in [-0.2, 0) is 32.7 Å². The molecule has 1 heterocycles. The quantitative estimate of drug-likeness (QED) is 0.390. The molecule has 0 N–H and O–H groups in total. The van der Waals surface area contributed by atoms with Gasteiger partial charge in [-0.3, -0.25) is 7.05 Å². The first-order valence-corrected chi connectivity index (χ1v) is 1.56. The van der Waals surface area contributed by atoms with E-state index in [0.717, 1.165) is 12.2 Å². The molecule has 39 valence electrons. The van der Waals surface area contributed by atoms with Crippen LogP contribution in [0.5, 0.6) is 0 Å². The normalized spacial score (nSPS) is 14.4. The minimum atomic E-state index is 0. The van der Waals surface area contributed by atoms with Gasteiger partial charge in [0.2, 0.25) is 0 Å². The average molecular weight is 172 g/mol. The number of hydrogen-bond donors (Lipinski definition) is 0. The fourth-order valence-electron chi connectivity index (χ4n) is 0.185. The molecule has 1 fully saturated rings. The maximum atomic E-state index is 3.61. The molecule has 0 bridgehead atoms. The fraction of sp³-hybridized carbons (Fsp3) is 0.200. The molecule has 1 nitrogen and oxygen atoms in total. The summed E-state index contributed by atoms with van der Waals surface area (Å²) >= 11 is 0. The monoisotopic (exact) mass is 172 g/mol. The summed E-state index contributed by atoms with van der Waals surface area (Å²) in [6.07, 6.45) is 0. The van der Waals surface area contributed by atoms with Crippen LogP contribution in [0.3, 0.4) is 0 Å². The fourth-order valence-corrected chi connectivity index (χ4v) is 0.185. The Bertz CT molecular complexity index is 70.5. The molecule has 0 saturated carbocycles. The van der Waals surface area contributed by atoms with Gasteiger partial charge in [0.1, 0.15) is 0 Å². The maximum absolute atomic E-state index is 3.61. The molecule has 0 amide bonds. The molecule has 7 heavy (non-hydrogen) atoms. The molecular weight excluding hydrogens is 163 g/mol. The molecule has 1 rings (SSSR count). The molecular formula is C5H9NY-2. The molecule has 0 aromatic heterocycles. The van der Waals surface area contributed by atoms with Crippen LogP contribution in [0, 0.1) is 14.5 Å². The van der Waals surface area contributed by atoms with Crippen LogP contribution in [0.2, 0.25) is 0 Å². The van der Waals surface area contributed by atoms with E-state index in [1.165, 1.54) is 0 Å². The Balaban J connectivity index is 0. The Morgan fingerprint density at radius 2 is 1.86 bits per heavy atom. The summed E-state index contributed by atoms with van der Waals surface area (Å²) in [5, 5.41) is 0. The van der Waals surface area contributed by atoms with Crippen molar-refractivity contribution in [2.45, 2.75) is 0 Å². The van der Waals surface area contributed by atoms with Gasteiger partial charge in [-0.25, -0.2) is 0 Å². The van der Waals surface area contributed by atoms with Crippen LogP contribution >= 0.6 is 0 Å². The molecule has 0 aliphatic carbocycles. The van der Waals surface area contributed by atoms with Crippen molar-refractivity contribution in [3.8, 4) is 0 Å². The van der Waals surface area contributed by atoms with Crippen molar-refractivity contribution in [2.75, 3.05) is 6.54 Å². The zero-order chi connectivity index (χ0) is 3.86. The Kier molecular flexibility index (Phi) is 5.48. The first kappa shape index (κ1) is 10.6. The van der Waals surface area contributed by atoms with Crippen LogP contribution in [0.25, 0.3) is 0 Å². The van der Waals surface area contributed by atoms with Crippen molar-refractivity contribution in [3.63, 3.8) is 0 Å². The largest absolute Gasteiger partial charge is 0.523 e. The van der Waals surface area contributed by atoms with E-state index in [9.17, 15) is 0 Å². The van der Waals surface area contributed by atoms with Gasteiger partial charge in [0.25, 0.3) is 0 Å². The van der Waals surface area contributed by atoms with Gasteiger partial charge in [-0.1, -0.05) is 6.58 Å². The summed E-state index contributed by atoms with van der Waals surface area (Å²) in [5.74, 6) is 0. The summed E-state index contributed by atoms with van der Waals surface area (Å²) < 4.78 is 0. The molecule has 1 radical (unpaired) electrons. The van der Waals surface area contributed by atoms with E-state index in [1.54, 1.807) is 0 Å². The van der Waals surface area contributed by atoms with E-state index in [1.807, 2.05) is 4.90 Å². The van der Waals surface area contributed by atoms with E-state index < -0.39 is 0 Å². The summed E-state index contributed by atoms with van der Waals surface area (Å²) in [5.41, 5.74) is 1.14. The molecule has 0 unspecified atom stereocenters. The van der Waals surface area contributed by atoms with Gasteiger partial charge in [-0.15, -0.1) is 0 Å². The second kappa shape index (κ2) is 3.62. The first-order chi connectivity index (χ1) is 2.30. The minimum absolute atomic E-state index is 0. The minimum Gasteiger partial charge on any atom is -0.523 e. The van der Waals surface area contributed by atoms with Crippen LogP contribution in [-0.4, -0.2) is 11.4 Å².